The Kier molecular flexibility index (Phi) is 1.45. The molecule has 1 heterocycles. The summed E-state index contributed by atoms with van der Waals surface area (Å²) in [5.74, 6) is 5.24. The van der Waals surface area contributed by atoms with Gasteiger partial charge in [-0.3, -0.25) is 9.59 Å². The Morgan fingerprint density at radius 1 is 1.15 bits per heavy atom. The summed E-state index contributed by atoms with van der Waals surface area (Å²) in [5.41, 5.74) is -0.770. The molecule has 2 rings (SSSR count). The monoisotopic (exact) mass is 177 g/mol. The third-order valence-corrected chi connectivity index (χ3v) is 1.84. The molecule has 0 spiro atoms. The molecule has 5 heteroatoms. The maximum Gasteiger partial charge on any atom is 0.292 e. The zero-order valence-corrected chi connectivity index (χ0v) is 6.65. The predicted octanol–water partition coefficient (Wildman–Crippen LogP) is -0.596. The standard InChI is InChI=1S/C8H7N3O2/c9-11-8(13)6-4-2-1-3-5(6)7(12)10-11/h1-4H,9H2,(H,10,12). The van der Waals surface area contributed by atoms with Crippen molar-refractivity contribution >= 4 is 10.8 Å². The number of aromatic nitrogens is 2. The van der Waals surface area contributed by atoms with Crippen LogP contribution in [0.5, 0.6) is 0 Å². The highest BCUT2D eigenvalue weighted by atomic mass is 16.2. The van der Waals surface area contributed by atoms with Crippen LogP contribution in [0.1, 0.15) is 0 Å². The molecule has 0 amide bonds. The summed E-state index contributed by atoms with van der Waals surface area (Å²) in [6.45, 7) is 0. The van der Waals surface area contributed by atoms with Crippen LogP contribution >= 0.6 is 0 Å². The zero-order valence-electron chi connectivity index (χ0n) is 6.65. The van der Waals surface area contributed by atoms with E-state index in [9.17, 15) is 9.59 Å². The number of rotatable bonds is 0. The van der Waals surface area contributed by atoms with Crippen molar-refractivity contribution < 1.29 is 0 Å². The van der Waals surface area contributed by atoms with Gasteiger partial charge in [-0.1, -0.05) is 12.1 Å². The Morgan fingerprint density at radius 2 is 1.77 bits per heavy atom. The van der Waals surface area contributed by atoms with E-state index in [1.807, 2.05) is 0 Å². The lowest BCUT2D eigenvalue weighted by atomic mass is 10.2. The van der Waals surface area contributed by atoms with E-state index in [4.69, 9.17) is 5.84 Å². The van der Waals surface area contributed by atoms with Crippen LogP contribution in [-0.2, 0) is 0 Å². The van der Waals surface area contributed by atoms with Crippen LogP contribution < -0.4 is 17.0 Å². The summed E-state index contributed by atoms with van der Waals surface area (Å²) in [7, 11) is 0. The van der Waals surface area contributed by atoms with Crippen molar-refractivity contribution in [1.82, 2.24) is 9.89 Å². The highest BCUT2D eigenvalue weighted by molar-refractivity contribution is 5.80. The van der Waals surface area contributed by atoms with Crippen molar-refractivity contribution in [3.8, 4) is 0 Å². The third kappa shape index (κ3) is 1.01. The first-order valence-corrected chi connectivity index (χ1v) is 3.69. The number of aromatic amines is 1. The molecule has 13 heavy (non-hydrogen) atoms. The third-order valence-electron chi connectivity index (χ3n) is 1.84. The Morgan fingerprint density at radius 3 is 2.46 bits per heavy atom. The number of nitrogens with zero attached hydrogens (tertiary/aromatic N) is 1. The molecule has 1 aromatic carbocycles. The van der Waals surface area contributed by atoms with Crippen LogP contribution in [0.4, 0.5) is 0 Å². The van der Waals surface area contributed by atoms with Crippen LogP contribution in [0.15, 0.2) is 33.9 Å². The summed E-state index contributed by atoms with van der Waals surface area (Å²) < 4.78 is 0. The number of nitrogens with one attached hydrogen (secondary N) is 1. The minimum Gasteiger partial charge on any atom is -0.321 e. The van der Waals surface area contributed by atoms with Gasteiger partial charge in [0.1, 0.15) is 0 Å². The maximum absolute atomic E-state index is 11.3. The molecule has 5 nitrogen and oxygen atoms in total. The number of hydrogen-bond donors (Lipinski definition) is 2. The van der Waals surface area contributed by atoms with E-state index < -0.39 is 5.56 Å². The van der Waals surface area contributed by atoms with E-state index in [2.05, 4.69) is 5.10 Å². The molecular formula is C8H7N3O2. The van der Waals surface area contributed by atoms with E-state index in [1.54, 1.807) is 24.3 Å². The molecule has 0 saturated heterocycles. The van der Waals surface area contributed by atoms with Crippen LogP contribution in [-0.4, -0.2) is 9.89 Å². The lowest BCUT2D eigenvalue weighted by Gasteiger charge is -1.98. The zero-order chi connectivity index (χ0) is 9.42. The Balaban J connectivity index is 3.15. The van der Waals surface area contributed by atoms with E-state index >= 15 is 0 Å². The van der Waals surface area contributed by atoms with Gasteiger partial charge in [0.05, 0.1) is 10.8 Å². The summed E-state index contributed by atoms with van der Waals surface area (Å²) >= 11 is 0. The predicted molar refractivity (Wildman–Crippen MR) is 49.0 cm³/mol. The largest absolute Gasteiger partial charge is 0.321 e. The molecule has 0 bridgehead atoms. The summed E-state index contributed by atoms with van der Waals surface area (Å²) in [6, 6.07) is 6.52. The molecule has 0 saturated carbocycles. The average molecular weight is 177 g/mol. The number of benzene rings is 1. The Bertz CT molecular complexity index is 567. The number of nitrogen functional groups attached to an aromatic ring is 1. The molecule has 0 atom stereocenters. The topological polar surface area (TPSA) is 80.9 Å². The molecular weight excluding hydrogens is 170 g/mol. The van der Waals surface area contributed by atoms with E-state index in [-0.39, 0.29) is 5.56 Å². The van der Waals surface area contributed by atoms with Crippen molar-refractivity contribution in [3.05, 3.63) is 45.0 Å². The van der Waals surface area contributed by atoms with Gasteiger partial charge in [-0.05, 0) is 12.1 Å². The van der Waals surface area contributed by atoms with Gasteiger partial charge in [0.25, 0.3) is 11.1 Å². The second kappa shape index (κ2) is 2.48. The van der Waals surface area contributed by atoms with E-state index in [0.29, 0.717) is 15.6 Å². The first kappa shape index (κ1) is 7.60. The number of H-pyrrole nitrogens is 1. The number of fused-ring (bicyclic) bond motifs is 1. The second-order valence-electron chi connectivity index (χ2n) is 2.66. The van der Waals surface area contributed by atoms with Gasteiger partial charge in [0.2, 0.25) is 0 Å². The minimum absolute atomic E-state index is 0.328. The fourth-order valence-corrected chi connectivity index (χ4v) is 1.22. The van der Waals surface area contributed by atoms with Gasteiger partial charge in [0, 0.05) is 0 Å². The molecule has 0 aliphatic rings. The van der Waals surface area contributed by atoms with E-state index in [1.165, 1.54) is 0 Å². The highest BCUT2D eigenvalue weighted by Gasteiger charge is 2.02. The SMILES string of the molecule is Nn1[nH]c(=O)c2ccccc2c1=O. The molecule has 66 valence electrons. The summed E-state index contributed by atoms with van der Waals surface area (Å²) in [6.07, 6.45) is 0. The quantitative estimate of drug-likeness (QED) is 0.527. The van der Waals surface area contributed by atoms with Crippen molar-refractivity contribution in [2.75, 3.05) is 5.84 Å². The fraction of sp³-hybridized carbons (Fsp3) is 0. The maximum atomic E-state index is 11.3. The summed E-state index contributed by atoms with van der Waals surface area (Å²) in [5, 5.41) is 2.89. The van der Waals surface area contributed by atoms with Crippen molar-refractivity contribution in [2.24, 2.45) is 0 Å². The van der Waals surface area contributed by atoms with E-state index in [0.717, 1.165) is 0 Å². The van der Waals surface area contributed by atoms with Gasteiger partial charge < -0.3 is 5.84 Å². The molecule has 0 unspecified atom stereocenters. The molecule has 0 fully saturated rings. The average Bonchev–Trinajstić information content (AvgIpc) is 2.15. The van der Waals surface area contributed by atoms with Gasteiger partial charge in [0.15, 0.2) is 0 Å². The normalized spacial score (nSPS) is 10.5. The molecule has 0 aliphatic carbocycles. The molecule has 1 aromatic heterocycles. The van der Waals surface area contributed by atoms with Gasteiger partial charge in [-0.25, -0.2) is 5.10 Å². The van der Waals surface area contributed by atoms with Gasteiger partial charge in [-0.15, -0.1) is 0 Å². The lowest BCUT2D eigenvalue weighted by molar-refractivity contribution is 0.759. The highest BCUT2D eigenvalue weighted by Crippen LogP contribution is 2.00. The molecule has 2 aromatic rings. The molecule has 0 radical (unpaired) electrons. The van der Waals surface area contributed by atoms with Crippen LogP contribution in [0.25, 0.3) is 10.8 Å². The minimum atomic E-state index is -0.407. The first-order valence-electron chi connectivity index (χ1n) is 3.69. The number of hydrogen-bond acceptors (Lipinski definition) is 3. The Labute approximate surface area is 72.4 Å². The smallest absolute Gasteiger partial charge is 0.292 e. The van der Waals surface area contributed by atoms with Crippen LogP contribution in [0, 0.1) is 0 Å². The van der Waals surface area contributed by atoms with Gasteiger partial charge in [-0.2, -0.15) is 4.79 Å². The van der Waals surface area contributed by atoms with Crippen molar-refractivity contribution in [3.63, 3.8) is 0 Å². The lowest BCUT2D eigenvalue weighted by Crippen LogP contribution is -2.35. The van der Waals surface area contributed by atoms with Crippen LogP contribution in [0.2, 0.25) is 0 Å². The number of nitrogens with two attached hydrogens (primary N) is 1. The molecule has 3 N–H and O–H groups in total. The van der Waals surface area contributed by atoms with Crippen molar-refractivity contribution in [1.29, 1.82) is 0 Å². The Hall–Kier alpha value is -2.04. The van der Waals surface area contributed by atoms with Crippen LogP contribution in [0.3, 0.4) is 0 Å². The molecule has 0 aliphatic heterocycles. The fourth-order valence-electron chi connectivity index (χ4n) is 1.22. The van der Waals surface area contributed by atoms with Crippen molar-refractivity contribution in [2.45, 2.75) is 0 Å². The van der Waals surface area contributed by atoms with Gasteiger partial charge >= 0.3 is 0 Å². The second-order valence-corrected chi connectivity index (χ2v) is 2.66. The summed E-state index contributed by atoms with van der Waals surface area (Å²) in [4.78, 5) is 23.3. The first-order chi connectivity index (χ1) is 6.20.